The summed E-state index contributed by atoms with van der Waals surface area (Å²) in [5, 5.41) is 19.5. The fraction of sp³-hybridized carbons (Fsp3) is 0.417. The molecule has 1 aromatic carbocycles. The van der Waals surface area contributed by atoms with Gasteiger partial charge in [0.05, 0.1) is 15.9 Å². The predicted molar refractivity (Wildman–Crippen MR) is 76.8 cm³/mol. The second-order valence-electron chi connectivity index (χ2n) is 4.60. The van der Waals surface area contributed by atoms with Gasteiger partial charge in [0.1, 0.15) is 5.69 Å². The normalized spacial score (nSPS) is 11.6. The summed E-state index contributed by atoms with van der Waals surface area (Å²) in [6, 6.07) is 4.85. The molecule has 0 radical (unpaired) electrons. The summed E-state index contributed by atoms with van der Waals surface area (Å²) >= 11 is 0. The van der Waals surface area contributed by atoms with Crippen molar-refractivity contribution in [1.82, 2.24) is 4.31 Å². The zero-order valence-corrected chi connectivity index (χ0v) is 12.5. The van der Waals surface area contributed by atoms with E-state index in [9.17, 15) is 18.5 Å². The Hall–Kier alpha value is -2.18. The van der Waals surface area contributed by atoms with Gasteiger partial charge in [-0.1, -0.05) is 0 Å². The van der Waals surface area contributed by atoms with Crippen LogP contribution in [0.3, 0.4) is 0 Å². The lowest BCUT2D eigenvalue weighted by atomic mass is 10.3. The molecule has 21 heavy (non-hydrogen) atoms. The van der Waals surface area contributed by atoms with Crippen LogP contribution >= 0.6 is 0 Å². The number of nitrogens with zero attached hydrogens (tertiary/aromatic N) is 3. The smallest absolute Gasteiger partial charge is 0.293 e. The molecule has 8 nitrogen and oxygen atoms in total. The second kappa shape index (κ2) is 6.51. The van der Waals surface area contributed by atoms with E-state index in [4.69, 9.17) is 11.0 Å². The number of nitrogen functional groups attached to an aromatic ring is 1. The van der Waals surface area contributed by atoms with Crippen LogP contribution in [0.2, 0.25) is 0 Å². The Bertz CT molecular complexity index is 679. The highest BCUT2D eigenvalue weighted by Crippen LogP contribution is 2.27. The van der Waals surface area contributed by atoms with Crippen molar-refractivity contribution in [3.63, 3.8) is 0 Å². The topological polar surface area (TPSA) is 130 Å². The average Bonchev–Trinajstić information content (AvgIpc) is 2.38. The van der Waals surface area contributed by atoms with Gasteiger partial charge in [-0.25, -0.2) is 8.42 Å². The van der Waals surface area contributed by atoms with Gasteiger partial charge in [0.25, 0.3) is 5.69 Å². The van der Waals surface area contributed by atoms with E-state index < -0.39 is 20.6 Å². The number of benzene rings is 1. The van der Waals surface area contributed by atoms with Gasteiger partial charge in [0.15, 0.2) is 0 Å². The molecule has 0 fully saturated rings. The number of rotatable bonds is 6. The lowest BCUT2D eigenvalue weighted by Gasteiger charge is -2.24. The molecule has 1 rings (SSSR count). The van der Waals surface area contributed by atoms with E-state index in [0.717, 1.165) is 10.4 Å². The van der Waals surface area contributed by atoms with Crippen LogP contribution in [-0.2, 0) is 10.0 Å². The van der Waals surface area contributed by atoms with Crippen molar-refractivity contribution >= 4 is 21.4 Å². The van der Waals surface area contributed by atoms with Crippen LogP contribution in [0.1, 0.15) is 20.3 Å². The molecule has 0 aliphatic carbocycles. The van der Waals surface area contributed by atoms with Crippen LogP contribution in [0.25, 0.3) is 0 Å². The monoisotopic (exact) mass is 312 g/mol. The van der Waals surface area contributed by atoms with Gasteiger partial charge < -0.3 is 5.73 Å². The van der Waals surface area contributed by atoms with E-state index in [1.807, 2.05) is 6.07 Å². The van der Waals surface area contributed by atoms with Crippen LogP contribution in [-0.4, -0.2) is 30.2 Å². The molecule has 2 N–H and O–H groups in total. The molecular formula is C12H16N4O4S. The molecule has 0 aliphatic heterocycles. The first-order chi connectivity index (χ1) is 9.71. The van der Waals surface area contributed by atoms with E-state index in [2.05, 4.69) is 0 Å². The van der Waals surface area contributed by atoms with Gasteiger partial charge in [-0.2, -0.15) is 9.57 Å². The van der Waals surface area contributed by atoms with Crippen molar-refractivity contribution in [3.8, 4) is 6.07 Å². The molecule has 1 aromatic rings. The Morgan fingerprint density at radius 1 is 1.48 bits per heavy atom. The minimum atomic E-state index is -3.92. The summed E-state index contributed by atoms with van der Waals surface area (Å²) in [6.07, 6.45) is 0.0362. The molecule has 9 heteroatoms. The first-order valence-corrected chi connectivity index (χ1v) is 7.58. The minimum absolute atomic E-state index is 0.0225. The van der Waals surface area contributed by atoms with Crippen LogP contribution in [0.4, 0.5) is 11.4 Å². The number of sulfonamides is 1. The van der Waals surface area contributed by atoms with Gasteiger partial charge >= 0.3 is 0 Å². The molecular weight excluding hydrogens is 296 g/mol. The van der Waals surface area contributed by atoms with E-state index in [1.165, 1.54) is 12.1 Å². The van der Waals surface area contributed by atoms with Crippen LogP contribution in [0, 0.1) is 21.4 Å². The summed E-state index contributed by atoms with van der Waals surface area (Å²) in [5.74, 6) is 0. The number of nitro groups is 1. The van der Waals surface area contributed by atoms with Crippen molar-refractivity contribution in [2.75, 3.05) is 12.3 Å². The number of nitriles is 1. The molecule has 0 aromatic heterocycles. The van der Waals surface area contributed by atoms with Gasteiger partial charge in [-0.3, -0.25) is 10.1 Å². The average molecular weight is 312 g/mol. The van der Waals surface area contributed by atoms with Crippen LogP contribution < -0.4 is 5.73 Å². The Labute approximate surface area is 123 Å². The van der Waals surface area contributed by atoms with E-state index in [0.29, 0.717) is 0 Å². The summed E-state index contributed by atoms with van der Waals surface area (Å²) < 4.78 is 26.2. The standard InChI is InChI=1S/C12H16N4O4S/c1-9(2)15(7-3-6-13)21(19,20)10-4-5-11(14)12(8-10)16(17)18/h4-5,8-9H,3,7,14H2,1-2H3. The maximum Gasteiger partial charge on any atom is 0.293 e. The largest absolute Gasteiger partial charge is 0.393 e. The first kappa shape index (κ1) is 16.9. The van der Waals surface area contributed by atoms with Crippen molar-refractivity contribution in [1.29, 1.82) is 5.26 Å². The zero-order valence-electron chi connectivity index (χ0n) is 11.7. The molecule has 0 amide bonds. The maximum atomic E-state index is 12.5. The summed E-state index contributed by atoms with van der Waals surface area (Å²) in [4.78, 5) is 9.91. The molecule has 0 bridgehead atoms. The van der Waals surface area contributed by atoms with Crippen molar-refractivity contribution in [2.45, 2.75) is 31.2 Å². The maximum absolute atomic E-state index is 12.5. The molecule has 114 valence electrons. The molecule has 0 saturated carbocycles. The Morgan fingerprint density at radius 3 is 2.57 bits per heavy atom. The zero-order chi connectivity index (χ0) is 16.2. The Kier molecular flexibility index (Phi) is 5.23. The quantitative estimate of drug-likeness (QED) is 0.481. The number of nitrogens with two attached hydrogens (primary N) is 1. The van der Waals surface area contributed by atoms with E-state index >= 15 is 0 Å². The fourth-order valence-corrected chi connectivity index (χ4v) is 3.45. The highest BCUT2D eigenvalue weighted by molar-refractivity contribution is 7.89. The number of nitro benzene ring substituents is 1. The van der Waals surface area contributed by atoms with Gasteiger partial charge in [0.2, 0.25) is 10.0 Å². The van der Waals surface area contributed by atoms with Gasteiger partial charge in [-0.15, -0.1) is 0 Å². The lowest BCUT2D eigenvalue weighted by molar-refractivity contribution is -0.384. The molecule has 0 unspecified atom stereocenters. The van der Waals surface area contributed by atoms with Gasteiger partial charge in [0, 0.05) is 25.1 Å². The highest BCUT2D eigenvalue weighted by Gasteiger charge is 2.28. The number of anilines is 1. The van der Waals surface area contributed by atoms with Crippen molar-refractivity contribution in [3.05, 3.63) is 28.3 Å². The third-order valence-electron chi connectivity index (χ3n) is 2.83. The molecule has 0 saturated heterocycles. The van der Waals surface area contributed by atoms with Crippen LogP contribution in [0.5, 0.6) is 0 Å². The first-order valence-electron chi connectivity index (χ1n) is 6.14. The molecule has 0 atom stereocenters. The molecule has 0 spiro atoms. The fourth-order valence-electron chi connectivity index (χ4n) is 1.79. The van der Waals surface area contributed by atoms with Crippen molar-refractivity contribution in [2.24, 2.45) is 0 Å². The van der Waals surface area contributed by atoms with Crippen LogP contribution in [0.15, 0.2) is 23.1 Å². The van der Waals surface area contributed by atoms with E-state index in [1.54, 1.807) is 13.8 Å². The lowest BCUT2D eigenvalue weighted by Crippen LogP contribution is -2.37. The molecule has 0 aliphatic rings. The number of hydrogen-bond acceptors (Lipinski definition) is 6. The second-order valence-corrected chi connectivity index (χ2v) is 6.49. The minimum Gasteiger partial charge on any atom is -0.393 e. The number of hydrogen-bond donors (Lipinski definition) is 1. The summed E-state index contributed by atoms with van der Waals surface area (Å²) in [5.41, 5.74) is 4.89. The summed E-state index contributed by atoms with van der Waals surface area (Å²) in [7, 11) is -3.92. The van der Waals surface area contributed by atoms with E-state index in [-0.39, 0.29) is 29.6 Å². The highest BCUT2D eigenvalue weighted by atomic mass is 32.2. The Morgan fingerprint density at radius 2 is 2.10 bits per heavy atom. The van der Waals surface area contributed by atoms with Gasteiger partial charge in [-0.05, 0) is 26.0 Å². The predicted octanol–water partition coefficient (Wildman–Crippen LogP) is 1.49. The Balaban J connectivity index is 3.32. The SMILES string of the molecule is CC(C)N(CCC#N)S(=O)(=O)c1ccc(N)c([N+](=O)[O-])c1. The summed E-state index contributed by atoms with van der Waals surface area (Å²) in [6.45, 7) is 3.36. The third kappa shape index (κ3) is 3.68. The van der Waals surface area contributed by atoms with Crippen molar-refractivity contribution < 1.29 is 13.3 Å². The third-order valence-corrected chi connectivity index (χ3v) is 4.90. The molecule has 0 heterocycles.